The van der Waals surface area contributed by atoms with Crippen LogP contribution in [0.2, 0.25) is 0 Å². The molecule has 0 radical (unpaired) electrons. The van der Waals surface area contributed by atoms with Crippen molar-refractivity contribution in [3.05, 3.63) is 11.6 Å². The van der Waals surface area contributed by atoms with E-state index < -0.39 is 0 Å². The zero-order valence-electron chi connectivity index (χ0n) is 11.9. The van der Waals surface area contributed by atoms with E-state index in [1.54, 1.807) is 0 Å². The van der Waals surface area contributed by atoms with Crippen molar-refractivity contribution >= 4 is 5.91 Å². The summed E-state index contributed by atoms with van der Waals surface area (Å²) in [5.41, 5.74) is 5.66. The lowest BCUT2D eigenvalue weighted by molar-refractivity contribution is -0.117. The molecule has 2 aliphatic rings. The second-order valence-electron chi connectivity index (χ2n) is 7.08. The number of nitrogens with two attached hydrogens (primary N) is 1. The lowest BCUT2D eigenvalue weighted by atomic mass is 9.79. The second kappa shape index (κ2) is 3.81. The number of carbonyl (C=O) groups is 1. The average molecular weight is 262 g/mol. The second-order valence-corrected chi connectivity index (χ2v) is 7.08. The van der Waals surface area contributed by atoms with E-state index in [4.69, 9.17) is 5.73 Å². The number of hydrogen-bond acceptors (Lipinski definition) is 3. The fourth-order valence-electron chi connectivity index (χ4n) is 3.21. The molecule has 5 heteroatoms. The minimum atomic E-state index is -0.369. The van der Waals surface area contributed by atoms with Crippen LogP contribution in [0, 0.1) is 5.41 Å². The Morgan fingerprint density at radius 3 is 2.58 bits per heavy atom. The number of carbonyl (C=O) groups excluding carboxylic acids is 1. The third kappa shape index (κ3) is 2.05. The molecular formula is C14H22N4O. The van der Waals surface area contributed by atoms with Crippen LogP contribution in [0.15, 0.2) is 0 Å². The normalized spacial score (nSPS) is 24.3. The molecule has 1 heterocycles. The molecular weight excluding hydrogens is 240 g/mol. The summed E-state index contributed by atoms with van der Waals surface area (Å²) in [7, 11) is 0. The number of aromatic nitrogens is 3. The molecule has 1 amide bonds. The first-order chi connectivity index (χ1) is 8.82. The van der Waals surface area contributed by atoms with Crippen molar-refractivity contribution in [1.82, 2.24) is 14.8 Å². The Hall–Kier alpha value is -1.39. The van der Waals surface area contributed by atoms with Crippen molar-refractivity contribution in [2.45, 2.75) is 64.3 Å². The SMILES string of the molecule is CC(C)(C)n1nc(CC(N)=O)nc1C1CC12CCC2. The maximum Gasteiger partial charge on any atom is 0.225 e. The van der Waals surface area contributed by atoms with Gasteiger partial charge in [-0.2, -0.15) is 5.10 Å². The number of amides is 1. The lowest BCUT2D eigenvalue weighted by Crippen LogP contribution is -2.27. The fourth-order valence-corrected chi connectivity index (χ4v) is 3.21. The van der Waals surface area contributed by atoms with Gasteiger partial charge in [0.2, 0.25) is 5.91 Å². The van der Waals surface area contributed by atoms with Crippen LogP contribution in [-0.4, -0.2) is 20.7 Å². The van der Waals surface area contributed by atoms with Crippen LogP contribution >= 0.6 is 0 Å². The molecule has 3 rings (SSSR count). The van der Waals surface area contributed by atoms with Crippen LogP contribution < -0.4 is 5.73 Å². The van der Waals surface area contributed by atoms with Crippen molar-refractivity contribution in [2.24, 2.45) is 11.1 Å². The highest BCUT2D eigenvalue weighted by Crippen LogP contribution is 2.70. The fraction of sp³-hybridized carbons (Fsp3) is 0.786. The van der Waals surface area contributed by atoms with E-state index in [0.717, 1.165) is 5.82 Å². The largest absolute Gasteiger partial charge is 0.369 e. The predicted molar refractivity (Wildman–Crippen MR) is 71.6 cm³/mol. The molecule has 19 heavy (non-hydrogen) atoms. The Morgan fingerprint density at radius 1 is 1.47 bits per heavy atom. The molecule has 2 fully saturated rings. The highest BCUT2D eigenvalue weighted by atomic mass is 16.1. The molecule has 0 saturated heterocycles. The van der Waals surface area contributed by atoms with Gasteiger partial charge < -0.3 is 5.73 Å². The highest BCUT2D eigenvalue weighted by molar-refractivity contribution is 5.75. The van der Waals surface area contributed by atoms with Crippen LogP contribution in [0.5, 0.6) is 0 Å². The minimum Gasteiger partial charge on any atom is -0.369 e. The molecule has 104 valence electrons. The van der Waals surface area contributed by atoms with Gasteiger partial charge in [-0.15, -0.1) is 0 Å². The third-order valence-corrected chi connectivity index (χ3v) is 4.49. The van der Waals surface area contributed by atoms with Crippen molar-refractivity contribution in [1.29, 1.82) is 0 Å². The Kier molecular flexibility index (Phi) is 2.53. The summed E-state index contributed by atoms with van der Waals surface area (Å²) in [6.07, 6.45) is 5.35. The molecule has 1 aromatic heterocycles. The molecule has 2 N–H and O–H groups in total. The number of rotatable bonds is 3. The van der Waals surface area contributed by atoms with Gasteiger partial charge in [-0.1, -0.05) is 6.42 Å². The van der Waals surface area contributed by atoms with Gasteiger partial charge in [0.1, 0.15) is 5.82 Å². The summed E-state index contributed by atoms with van der Waals surface area (Å²) < 4.78 is 2.00. The van der Waals surface area contributed by atoms with Gasteiger partial charge in [0.05, 0.1) is 12.0 Å². The Balaban J connectivity index is 1.93. The Bertz CT molecular complexity index is 522. The zero-order valence-corrected chi connectivity index (χ0v) is 11.9. The van der Waals surface area contributed by atoms with E-state index in [9.17, 15) is 4.79 Å². The van der Waals surface area contributed by atoms with Gasteiger partial charge in [-0.25, -0.2) is 9.67 Å². The van der Waals surface area contributed by atoms with Crippen molar-refractivity contribution < 1.29 is 4.79 Å². The Labute approximate surface area is 113 Å². The summed E-state index contributed by atoms with van der Waals surface area (Å²) in [5.74, 6) is 1.80. The molecule has 1 unspecified atom stereocenters. The predicted octanol–water partition coefficient (Wildman–Crippen LogP) is 1.72. The van der Waals surface area contributed by atoms with Crippen LogP contribution in [0.25, 0.3) is 0 Å². The van der Waals surface area contributed by atoms with E-state index in [2.05, 4.69) is 30.9 Å². The molecule has 2 saturated carbocycles. The lowest BCUT2D eigenvalue weighted by Gasteiger charge is -2.28. The summed E-state index contributed by atoms with van der Waals surface area (Å²) in [5, 5.41) is 4.51. The molecule has 0 bridgehead atoms. The Morgan fingerprint density at radius 2 is 2.16 bits per heavy atom. The molecule has 1 spiro atoms. The van der Waals surface area contributed by atoms with Crippen LogP contribution in [0.3, 0.4) is 0 Å². The van der Waals surface area contributed by atoms with Gasteiger partial charge in [0, 0.05) is 5.92 Å². The van der Waals surface area contributed by atoms with Crippen LogP contribution in [0.4, 0.5) is 0 Å². The van der Waals surface area contributed by atoms with Gasteiger partial charge in [-0.3, -0.25) is 4.79 Å². The van der Waals surface area contributed by atoms with Crippen LogP contribution in [-0.2, 0) is 16.8 Å². The maximum atomic E-state index is 11.1. The zero-order chi connectivity index (χ0) is 13.8. The van der Waals surface area contributed by atoms with E-state index in [-0.39, 0.29) is 17.9 Å². The van der Waals surface area contributed by atoms with Crippen molar-refractivity contribution in [2.75, 3.05) is 0 Å². The first-order valence-corrected chi connectivity index (χ1v) is 7.06. The number of nitrogens with zero attached hydrogens (tertiary/aromatic N) is 3. The van der Waals surface area contributed by atoms with E-state index in [1.807, 2.05) is 4.68 Å². The summed E-state index contributed by atoms with van der Waals surface area (Å²) in [6, 6.07) is 0. The highest BCUT2D eigenvalue weighted by Gasteiger charge is 2.60. The molecule has 1 aromatic rings. The molecule has 2 aliphatic carbocycles. The summed E-state index contributed by atoms with van der Waals surface area (Å²) >= 11 is 0. The van der Waals surface area contributed by atoms with Crippen molar-refractivity contribution in [3.63, 3.8) is 0 Å². The maximum absolute atomic E-state index is 11.1. The van der Waals surface area contributed by atoms with Crippen LogP contribution in [0.1, 0.15) is 64.0 Å². The first-order valence-electron chi connectivity index (χ1n) is 7.06. The first kappa shape index (κ1) is 12.6. The smallest absolute Gasteiger partial charge is 0.225 e. The summed E-state index contributed by atoms with van der Waals surface area (Å²) in [4.78, 5) is 15.7. The van der Waals surface area contributed by atoms with E-state index in [1.165, 1.54) is 25.7 Å². The molecule has 0 aromatic carbocycles. The van der Waals surface area contributed by atoms with Gasteiger partial charge in [0.15, 0.2) is 5.82 Å². The topological polar surface area (TPSA) is 73.8 Å². The summed E-state index contributed by atoms with van der Waals surface area (Å²) in [6.45, 7) is 6.36. The van der Waals surface area contributed by atoms with E-state index >= 15 is 0 Å². The number of hydrogen-bond donors (Lipinski definition) is 1. The third-order valence-electron chi connectivity index (χ3n) is 4.49. The minimum absolute atomic E-state index is 0.105. The number of primary amides is 1. The quantitative estimate of drug-likeness (QED) is 0.901. The molecule has 5 nitrogen and oxygen atoms in total. The van der Waals surface area contributed by atoms with Gasteiger partial charge in [-0.05, 0) is 45.4 Å². The molecule has 1 atom stereocenters. The monoisotopic (exact) mass is 262 g/mol. The van der Waals surface area contributed by atoms with Gasteiger partial charge in [0.25, 0.3) is 0 Å². The average Bonchev–Trinajstić information content (AvgIpc) is 2.85. The molecule has 0 aliphatic heterocycles. The van der Waals surface area contributed by atoms with Gasteiger partial charge >= 0.3 is 0 Å². The standard InChI is InChI=1S/C14H22N4O/c1-13(2,3)18-12(9-8-14(9)5-4-6-14)16-11(17-18)7-10(15)19/h9H,4-8H2,1-3H3,(H2,15,19). The van der Waals surface area contributed by atoms with Crippen molar-refractivity contribution in [3.8, 4) is 0 Å². The van der Waals surface area contributed by atoms with E-state index in [0.29, 0.717) is 17.2 Å².